The van der Waals surface area contributed by atoms with E-state index in [1.54, 1.807) is 24.3 Å². The highest BCUT2D eigenvalue weighted by atomic mass is 35.5. The van der Waals surface area contributed by atoms with Crippen molar-refractivity contribution in [3.63, 3.8) is 0 Å². The molecule has 4 rings (SSSR count). The monoisotopic (exact) mass is 614 g/mol. The summed E-state index contributed by atoms with van der Waals surface area (Å²) in [6.45, 7) is 4.75. The van der Waals surface area contributed by atoms with Gasteiger partial charge in [0.05, 0.1) is 12.2 Å². The molecular formula is C30H31ClN2O10. The SMILES string of the molecule is CC(=O)OC[C@H]1O[C@@H](c2ccc(Cl)c(Cc3ccc4c(c3)NCC(C#N)O4)c2)C(OC(C)=O)[C@@H](OC(C)=O)C1OC(C)=O. The van der Waals surface area contributed by atoms with Crippen LogP contribution in [0.4, 0.5) is 5.69 Å². The first-order valence-electron chi connectivity index (χ1n) is 13.5. The summed E-state index contributed by atoms with van der Waals surface area (Å²) in [4.78, 5) is 48.0. The second-order valence-corrected chi connectivity index (χ2v) is 10.5. The smallest absolute Gasteiger partial charge is 0.303 e. The number of carbonyl (C=O) groups excluding carboxylic acids is 4. The van der Waals surface area contributed by atoms with Gasteiger partial charge in [-0.15, -0.1) is 0 Å². The van der Waals surface area contributed by atoms with Crippen molar-refractivity contribution in [3.8, 4) is 11.8 Å². The van der Waals surface area contributed by atoms with Crippen molar-refractivity contribution in [2.75, 3.05) is 18.5 Å². The highest BCUT2D eigenvalue weighted by Gasteiger charge is 2.52. The second kappa shape index (κ2) is 13.8. The van der Waals surface area contributed by atoms with Gasteiger partial charge in [0.1, 0.15) is 30.6 Å². The molecule has 3 unspecified atom stereocenters. The fourth-order valence-electron chi connectivity index (χ4n) is 5.02. The maximum Gasteiger partial charge on any atom is 0.303 e. The Morgan fingerprint density at radius 2 is 1.60 bits per heavy atom. The fraction of sp³-hybridized carbons (Fsp3) is 0.433. The van der Waals surface area contributed by atoms with Crippen molar-refractivity contribution in [1.29, 1.82) is 5.26 Å². The van der Waals surface area contributed by atoms with Crippen LogP contribution in [0.3, 0.4) is 0 Å². The zero-order valence-corrected chi connectivity index (χ0v) is 24.7. The molecule has 6 atom stereocenters. The number of anilines is 1. The maximum absolute atomic E-state index is 12.2. The molecular weight excluding hydrogens is 584 g/mol. The van der Waals surface area contributed by atoms with Crippen LogP contribution in [-0.4, -0.2) is 67.5 Å². The van der Waals surface area contributed by atoms with E-state index in [-0.39, 0.29) is 6.61 Å². The Hall–Kier alpha value is -4.34. The van der Waals surface area contributed by atoms with Gasteiger partial charge in [-0.3, -0.25) is 19.2 Å². The molecule has 2 aliphatic heterocycles. The van der Waals surface area contributed by atoms with E-state index in [4.69, 9.17) is 45.3 Å². The highest BCUT2D eigenvalue weighted by molar-refractivity contribution is 6.31. The Labute approximate surface area is 253 Å². The Bertz CT molecular complexity index is 1440. The maximum atomic E-state index is 12.2. The molecule has 2 aliphatic rings. The van der Waals surface area contributed by atoms with Crippen LogP contribution in [-0.2, 0) is 49.3 Å². The third-order valence-electron chi connectivity index (χ3n) is 6.72. The van der Waals surface area contributed by atoms with Crippen LogP contribution in [0.1, 0.15) is 50.5 Å². The van der Waals surface area contributed by atoms with E-state index in [1.807, 2.05) is 12.1 Å². The lowest BCUT2D eigenvalue weighted by molar-refractivity contribution is -0.254. The first kappa shape index (κ1) is 31.6. The first-order chi connectivity index (χ1) is 20.4. The van der Waals surface area contributed by atoms with Crippen molar-refractivity contribution >= 4 is 41.2 Å². The van der Waals surface area contributed by atoms with Crippen LogP contribution in [0.15, 0.2) is 36.4 Å². The molecule has 2 aromatic carbocycles. The molecule has 0 amide bonds. The van der Waals surface area contributed by atoms with E-state index in [1.165, 1.54) is 20.8 Å². The van der Waals surface area contributed by atoms with Crippen LogP contribution in [0.5, 0.6) is 5.75 Å². The molecule has 0 aromatic heterocycles. The van der Waals surface area contributed by atoms with Gasteiger partial charge in [0.25, 0.3) is 0 Å². The zero-order valence-electron chi connectivity index (χ0n) is 24.0. The summed E-state index contributed by atoms with van der Waals surface area (Å²) in [5, 5.41) is 12.8. The predicted octanol–water partition coefficient (Wildman–Crippen LogP) is 3.43. The summed E-state index contributed by atoms with van der Waals surface area (Å²) < 4.78 is 33.7. The molecule has 0 radical (unpaired) electrons. The molecule has 43 heavy (non-hydrogen) atoms. The third kappa shape index (κ3) is 7.94. The van der Waals surface area contributed by atoms with Gasteiger partial charge >= 0.3 is 23.9 Å². The molecule has 0 spiro atoms. The largest absolute Gasteiger partial charge is 0.472 e. The van der Waals surface area contributed by atoms with Gasteiger partial charge in [0, 0.05) is 32.7 Å². The molecule has 2 aromatic rings. The minimum Gasteiger partial charge on any atom is -0.472 e. The number of hydrogen-bond acceptors (Lipinski definition) is 12. The lowest BCUT2D eigenvalue weighted by atomic mass is 9.89. The number of halogens is 1. The van der Waals surface area contributed by atoms with Gasteiger partial charge in [0.15, 0.2) is 18.3 Å². The van der Waals surface area contributed by atoms with Gasteiger partial charge in [-0.25, -0.2) is 0 Å². The summed E-state index contributed by atoms with van der Waals surface area (Å²) in [6, 6.07) is 12.7. The van der Waals surface area contributed by atoms with E-state index in [0.717, 1.165) is 18.2 Å². The average molecular weight is 615 g/mol. The molecule has 228 valence electrons. The van der Waals surface area contributed by atoms with Gasteiger partial charge in [-0.1, -0.05) is 29.8 Å². The summed E-state index contributed by atoms with van der Waals surface area (Å²) in [7, 11) is 0. The lowest BCUT2D eigenvalue weighted by Crippen LogP contribution is -2.59. The summed E-state index contributed by atoms with van der Waals surface area (Å²) in [5.74, 6) is -2.14. The fourth-order valence-corrected chi connectivity index (χ4v) is 5.21. The van der Waals surface area contributed by atoms with Crippen LogP contribution in [0, 0.1) is 11.3 Å². The number of benzene rings is 2. The molecule has 1 saturated heterocycles. The van der Waals surface area contributed by atoms with Crippen LogP contribution in [0.2, 0.25) is 5.02 Å². The van der Waals surface area contributed by atoms with Crippen molar-refractivity contribution in [2.24, 2.45) is 0 Å². The number of hydrogen-bond donors (Lipinski definition) is 1. The van der Waals surface area contributed by atoms with Crippen molar-refractivity contribution < 1.29 is 47.6 Å². The van der Waals surface area contributed by atoms with Gasteiger partial charge in [-0.2, -0.15) is 5.26 Å². The Balaban J connectivity index is 1.70. The summed E-state index contributed by atoms with van der Waals surface area (Å²) in [6.07, 6.45) is -6.05. The van der Waals surface area contributed by atoms with E-state index < -0.39 is 60.5 Å². The van der Waals surface area contributed by atoms with Crippen molar-refractivity contribution in [3.05, 3.63) is 58.1 Å². The quantitative estimate of drug-likeness (QED) is 0.341. The number of rotatable bonds is 8. The first-order valence-corrected chi connectivity index (χ1v) is 13.8. The number of ether oxygens (including phenoxy) is 6. The van der Waals surface area contributed by atoms with Crippen LogP contribution >= 0.6 is 11.6 Å². The van der Waals surface area contributed by atoms with Gasteiger partial charge in [0.2, 0.25) is 6.10 Å². The number of nitrogens with zero attached hydrogens (tertiary/aromatic N) is 1. The number of carbonyl (C=O) groups is 4. The number of nitrogens with one attached hydrogen (secondary N) is 1. The number of nitriles is 1. The number of fused-ring (bicyclic) bond motifs is 1. The molecule has 0 bridgehead atoms. The standard InChI is InChI=1S/C30H31ClN2O10/c1-15(34)38-14-26-28(39-16(2)35)30(41-18(4)37)29(40-17(3)36)27(43-26)20-6-7-23(31)21(11-20)9-19-5-8-25-24(10-19)33-13-22(12-32)42-25/h5-8,10-11,22,26-30,33H,9,13-14H2,1-4H3/t22?,26-,27+,28?,29?,30+/m1/s1. The second-order valence-electron chi connectivity index (χ2n) is 10.1. The minimum atomic E-state index is -1.28. The third-order valence-corrected chi connectivity index (χ3v) is 7.09. The zero-order chi connectivity index (χ0) is 31.3. The van der Waals surface area contributed by atoms with Crippen molar-refractivity contribution in [1.82, 2.24) is 0 Å². The summed E-state index contributed by atoms with van der Waals surface area (Å²) >= 11 is 6.59. The normalized spacial score (nSPS) is 24.2. The predicted molar refractivity (Wildman–Crippen MR) is 150 cm³/mol. The molecule has 1 fully saturated rings. The van der Waals surface area contributed by atoms with E-state index in [9.17, 15) is 19.2 Å². The van der Waals surface area contributed by atoms with E-state index in [0.29, 0.717) is 34.9 Å². The summed E-state index contributed by atoms with van der Waals surface area (Å²) in [5.41, 5.74) is 2.87. The Morgan fingerprint density at radius 1 is 0.930 bits per heavy atom. The number of esters is 4. The lowest BCUT2D eigenvalue weighted by Gasteiger charge is -2.44. The van der Waals surface area contributed by atoms with Gasteiger partial charge < -0.3 is 33.7 Å². The van der Waals surface area contributed by atoms with E-state index >= 15 is 0 Å². The van der Waals surface area contributed by atoms with Gasteiger partial charge in [-0.05, 0) is 41.3 Å². The molecule has 0 saturated carbocycles. The highest BCUT2D eigenvalue weighted by Crippen LogP contribution is 2.39. The molecule has 0 aliphatic carbocycles. The van der Waals surface area contributed by atoms with Crippen molar-refractivity contribution in [2.45, 2.75) is 70.7 Å². The minimum absolute atomic E-state index is 0.328. The molecule has 13 heteroatoms. The Morgan fingerprint density at radius 3 is 2.26 bits per heavy atom. The molecule has 1 N–H and O–H groups in total. The average Bonchev–Trinajstić information content (AvgIpc) is 2.94. The molecule has 12 nitrogen and oxygen atoms in total. The van der Waals surface area contributed by atoms with Crippen LogP contribution in [0.25, 0.3) is 0 Å². The molecule has 2 heterocycles. The van der Waals surface area contributed by atoms with Crippen LogP contribution < -0.4 is 10.1 Å². The Kier molecular flexibility index (Phi) is 10.1. The topological polar surface area (TPSA) is 159 Å². The van der Waals surface area contributed by atoms with E-state index in [2.05, 4.69) is 11.4 Å².